The third-order valence-electron chi connectivity index (χ3n) is 5.64. The molecule has 120 valence electrons. The Morgan fingerprint density at radius 3 is 2.23 bits per heavy atom. The van der Waals surface area contributed by atoms with E-state index >= 15 is 0 Å². The van der Waals surface area contributed by atoms with Crippen molar-refractivity contribution in [3.63, 3.8) is 0 Å². The van der Waals surface area contributed by atoms with E-state index in [1.807, 2.05) is 5.10 Å². The van der Waals surface area contributed by atoms with Crippen LogP contribution in [0.15, 0.2) is 6.07 Å². The molecule has 0 unspecified atom stereocenters. The van der Waals surface area contributed by atoms with E-state index in [0.717, 1.165) is 43.6 Å². The summed E-state index contributed by atoms with van der Waals surface area (Å²) in [7, 11) is 0. The minimum Gasteiger partial charge on any atom is -0.347 e. The molecule has 0 radical (unpaired) electrons. The van der Waals surface area contributed by atoms with Gasteiger partial charge in [0.1, 0.15) is 5.69 Å². The molecule has 4 bridgehead atoms. The van der Waals surface area contributed by atoms with Gasteiger partial charge in [0.15, 0.2) is 5.69 Å². The second-order valence-corrected chi connectivity index (χ2v) is 7.09. The number of halogens is 3. The molecule has 5 rings (SSSR count). The standard InChI is InChI=1S/C15H18F3N3O/c16-15(17,18)12-6-11(20-21-12)14(22)19-13-9-2-7-1-8(4-9)5-10(13)3-7/h6-10,13H,1-5H2,(H,19,22)(H,20,21). The van der Waals surface area contributed by atoms with E-state index in [0.29, 0.717) is 11.8 Å². The van der Waals surface area contributed by atoms with Crippen molar-refractivity contribution in [3.8, 4) is 0 Å². The first-order valence-corrected chi connectivity index (χ1v) is 7.83. The first-order chi connectivity index (χ1) is 10.4. The SMILES string of the molecule is O=C(NC1C2CC3CC(C2)CC1C3)c1cc(C(F)(F)F)[nH]n1. The summed E-state index contributed by atoms with van der Waals surface area (Å²) in [4.78, 5) is 12.2. The highest BCUT2D eigenvalue weighted by Crippen LogP contribution is 2.53. The molecule has 0 aromatic carbocycles. The zero-order valence-corrected chi connectivity index (χ0v) is 12.0. The van der Waals surface area contributed by atoms with Gasteiger partial charge >= 0.3 is 6.18 Å². The molecule has 7 heteroatoms. The summed E-state index contributed by atoms with van der Waals surface area (Å²) >= 11 is 0. The van der Waals surface area contributed by atoms with Crippen LogP contribution >= 0.6 is 0 Å². The predicted octanol–water partition coefficient (Wildman–Crippen LogP) is 2.98. The summed E-state index contributed by atoms with van der Waals surface area (Å²) < 4.78 is 37.7. The molecule has 4 aliphatic rings. The number of carbonyl (C=O) groups is 1. The van der Waals surface area contributed by atoms with Crippen LogP contribution in [0, 0.1) is 23.7 Å². The summed E-state index contributed by atoms with van der Waals surface area (Å²) in [5.41, 5.74) is -1.16. The quantitative estimate of drug-likeness (QED) is 0.882. The zero-order chi connectivity index (χ0) is 15.5. The fourth-order valence-electron chi connectivity index (χ4n) is 4.97. The lowest BCUT2D eigenvalue weighted by Gasteiger charge is -2.54. The maximum atomic E-state index is 12.6. The van der Waals surface area contributed by atoms with Crippen molar-refractivity contribution in [3.05, 3.63) is 17.5 Å². The van der Waals surface area contributed by atoms with Gasteiger partial charge < -0.3 is 5.32 Å². The maximum Gasteiger partial charge on any atom is 0.432 e. The van der Waals surface area contributed by atoms with Crippen LogP contribution < -0.4 is 5.32 Å². The van der Waals surface area contributed by atoms with E-state index in [4.69, 9.17) is 0 Å². The fraction of sp³-hybridized carbons (Fsp3) is 0.733. The Balaban J connectivity index is 1.47. The Morgan fingerprint density at radius 1 is 1.14 bits per heavy atom. The van der Waals surface area contributed by atoms with Crippen molar-refractivity contribution in [1.82, 2.24) is 15.5 Å². The van der Waals surface area contributed by atoms with Crippen molar-refractivity contribution in [1.29, 1.82) is 0 Å². The summed E-state index contributed by atoms with van der Waals surface area (Å²) in [6, 6.07) is 0.886. The summed E-state index contributed by atoms with van der Waals surface area (Å²) in [5.74, 6) is 2.06. The molecule has 0 aliphatic heterocycles. The smallest absolute Gasteiger partial charge is 0.347 e. The maximum absolute atomic E-state index is 12.6. The molecule has 4 nitrogen and oxygen atoms in total. The van der Waals surface area contributed by atoms with E-state index in [1.165, 1.54) is 6.42 Å². The lowest BCUT2D eigenvalue weighted by Crippen LogP contribution is -2.55. The molecular formula is C15H18F3N3O. The van der Waals surface area contributed by atoms with Crippen LogP contribution in [0.3, 0.4) is 0 Å². The third-order valence-corrected chi connectivity index (χ3v) is 5.64. The molecule has 0 atom stereocenters. The number of hydrogen-bond acceptors (Lipinski definition) is 2. The molecular weight excluding hydrogens is 295 g/mol. The Labute approximate surface area is 125 Å². The number of alkyl halides is 3. The molecule has 22 heavy (non-hydrogen) atoms. The van der Waals surface area contributed by atoms with E-state index < -0.39 is 17.8 Å². The van der Waals surface area contributed by atoms with Gasteiger partial charge in [-0.05, 0) is 55.8 Å². The van der Waals surface area contributed by atoms with Gasteiger partial charge in [-0.15, -0.1) is 0 Å². The molecule has 1 aromatic heterocycles. The Hall–Kier alpha value is -1.53. The predicted molar refractivity (Wildman–Crippen MR) is 71.9 cm³/mol. The highest BCUT2D eigenvalue weighted by molar-refractivity contribution is 5.92. The van der Waals surface area contributed by atoms with Crippen LogP contribution in [0.25, 0.3) is 0 Å². The number of hydrogen-bond donors (Lipinski definition) is 2. The lowest BCUT2D eigenvalue weighted by atomic mass is 9.54. The number of aromatic nitrogens is 2. The van der Waals surface area contributed by atoms with Gasteiger partial charge in [-0.2, -0.15) is 18.3 Å². The second kappa shape index (κ2) is 4.73. The molecule has 1 aromatic rings. The lowest BCUT2D eigenvalue weighted by molar-refractivity contribution is -0.141. The van der Waals surface area contributed by atoms with Gasteiger partial charge in [0.05, 0.1) is 0 Å². The van der Waals surface area contributed by atoms with Gasteiger partial charge in [-0.25, -0.2) is 0 Å². The minimum absolute atomic E-state index is 0.103. The van der Waals surface area contributed by atoms with Crippen molar-refractivity contribution < 1.29 is 18.0 Å². The van der Waals surface area contributed by atoms with Crippen LogP contribution in [-0.4, -0.2) is 22.1 Å². The Kier molecular flexibility index (Phi) is 3.03. The Morgan fingerprint density at radius 2 is 1.73 bits per heavy atom. The van der Waals surface area contributed by atoms with E-state index in [1.54, 1.807) is 0 Å². The van der Waals surface area contributed by atoms with Crippen molar-refractivity contribution in [2.24, 2.45) is 23.7 Å². The molecule has 4 aliphatic carbocycles. The zero-order valence-electron chi connectivity index (χ0n) is 12.0. The van der Waals surface area contributed by atoms with E-state index in [2.05, 4.69) is 10.4 Å². The first kappa shape index (κ1) is 14.1. The number of rotatable bonds is 2. The van der Waals surface area contributed by atoms with Gasteiger partial charge in [0.25, 0.3) is 5.91 Å². The second-order valence-electron chi connectivity index (χ2n) is 7.09. The van der Waals surface area contributed by atoms with Gasteiger partial charge in [0, 0.05) is 12.1 Å². The monoisotopic (exact) mass is 313 g/mol. The van der Waals surface area contributed by atoms with Gasteiger partial charge in [-0.3, -0.25) is 9.89 Å². The number of amides is 1. The van der Waals surface area contributed by atoms with Crippen LogP contribution in [0.2, 0.25) is 0 Å². The van der Waals surface area contributed by atoms with E-state index in [9.17, 15) is 18.0 Å². The molecule has 1 amide bonds. The van der Waals surface area contributed by atoms with Gasteiger partial charge in [0.2, 0.25) is 0 Å². The summed E-state index contributed by atoms with van der Waals surface area (Å²) in [6.45, 7) is 0. The van der Waals surface area contributed by atoms with Crippen molar-refractivity contribution in [2.75, 3.05) is 0 Å². The van der Waals surface area contributed by atoms with Crippen molar-refractivity contribution >= 4 is 5.91 Å². The van der Waals surface area contributed by atoms with Crippen molar-refractivity contribution in [2.45, 2.75) is 44.3 Å². The number of aromatic amines is 1. The van der Waals surface area contributed by atoms with Gasteiger partial charge in [-0.1, -0.05) is 0 Å². The topological polar surface area (TPSA) is 57.8 Å². The summed E-state index contributed by atoms with van der Waals surface area (Å²) in [5, 5.41) is 8.36. The highest BCUT2D eigenvalue weighted by Gasteiger charge is 2.48. The average Bonchev–Trinajstić information content (AvgIpc) is 2.91. The van der Waals surface area contributed by atoms with E-state index in [-0.39, 0.29) is 11.7 Å². The minimum atomic E-state index is -4.51. The average molecular weight is 313 g/mol. The summed E-state index contributed by atoms with van der Waals surface area (Å²) in [6.07, 6.45) is 1.40. The molecule has 0 saturated heterocycles. The van der Waals surface area contributed by atoms with Crippen LogP contribution in [0.5, 0.6) is 0 Å². The number of nitrogens with one attached hydrogen (secondary N) is 2. The molecule has 1 heterocycles. The first-order valence-electron chi connectivity index (χ1n) is 7.83. The van der Waals surface area contributed by atoms with Crippen LogP contribution in [-0.2, 0) is 6.18 Å². The highest BCUT2D eigenvalue weighted by atomic mass is 19.4. The molecule has 4 saturated carbocycles. The largest absolute Gasteiger partial charge is 0.432 e. The number of carbonyl (C=O) groups excluding carboxylic acids is 1. The fourth-order valence-corrected chi connectivity index (χ4v) is 4.97. The molecule has 4 fully saturated rings. The van der Waals surface area contributed by atoms with Crippen LogP contribution in [0.4, 0.5) is 13.2 Å². The Bertz CT molecular complexity index is 567. The molecule has 2 N–H and O–H groups in total. The third kappa shape index (κ3) is 2.30. The molecule has 0 spiro atoms. The van der Waals surface area contributed by atoms with Crippen LogP contribution in [0.1, 0.15) is 48.3 Å². The normalized spacial score (nSPS) is 36.6. The number of nitrogens with zero attached hydrogens (tertiary/aromatic N) is 1. The number of H-pyrrole nitrogens is 1.